The van der Waals surface area contributed by atoms with Crippen LogP contribution in [0.4, 0.5) is 0 Å². The summed E-state index contributed by atoms with van der Waals surface area (Å²) in [6.45, 7) is 4.72. The summed E-state index contributed by atoms with van der Waals surface area (Å²) in [4.78, 5) is 11.0. The molecule has 0 aliphatic heterocycles. The fourth-order valence-electron chi connectivity index (χ4n) is 0.854. The molecule has 2 unspecified atom stereocenters. The smallest absolute Gasteiger partial charge is 0.336 e. The molecule has 0 rings (SSSR count). The summed E-state index contributed by atoms with van der Waals surface area (Å²) in [6, 6.07) is -0.331. The van der Waals surface area contributed by atoms with Gasteiger partial charge in [-0.1, -0.05) is 0 Å². The van der Waals surface area contributed by atoms with Crippen molar-refractivity contribution in [2.45, 2.75) is 26.0 Å². The molecule has 0 fully saturated rings. The van der Waals surface area contributed by atoms with Gasteiger partial charge in [-0.15, -0.1) is 0 Å². The first kappa shape index (κ1) is 12.3. The minimum Gasteiger partial charge on any atom is -0.464 e. The van der Waals surface area contributed by atoms with Crippen molar-refractivity contribution in [1.82, 2.24) is 5.32 Å². The lowest BCUT2D eigenvalue weighted by Gasteiger charge is -2.18. The first-order valence-electron chi connectivity index (χ1n) is 4.41. The molecular formula is C8H18N2O3. The maximum Gasteiger partial charge on any atom is 0.336 e. The summed E-state index contributed by atoms with van der Waals surface area (Å²) in [5.41, 5.74) is 5.25. The van der Waals surface area contributed by atoms with Crippen LogP contribution in [0.1, 0.15) is 13.8 Å². The number of esters is 1. The number of ether oxygens (including phenoxy) is 1. The molecule has 0 aromatic rings. The molecule has 5 heteroatoms. The van der Waals surface area contributed by atoms with Gasteiger partial charge in [0.05, 0.1) is 6.61 Å². The summed E-state index contributed by atoms with van der Waals surface area (Å²) in [6.07, 6.45) is -1.12. The summed E-state index contributed by atoms with van der Waals surface area (Å²) < 4.78 is 4.64. The van der Waals surface area contributed by atoms with E-state index >= 15 is 0 Å². The Hall–Kier alpha value is -0.650. The van der Waals surface area contributed by atoms with Crippen molar-refractivity contribution in [3.8, 4) is 0 Å². The van der Waals surface area contributed by atoms with Gasteiger partial charge in [0.15, 0.2) is 6.10 Å². The highest BCUT2D eigenvalue weighted by Crippen LogP contribution is 1.95. The maximum absolute atomic E-state index is 11.0. The van der Waals surface area contributed by atoms with Crippen LogP contribution < -0.4 is 11.1 Å². The molecule has 0 amide bonds. The third-order valence-electron chi connectivity index (χ3n) is 1.61. The monoisotopic (exact) mass is 190 g/mol. The van der Waals surface area contributed by atoms with E-state index in [1.54, 1.807) is 13.8 Å². The van der Waals surface area contributed by atoms with Gasteiger partial charge in [0, 0.05) is 19.1 Å². The zero-order valence-electron chi connectivity index (χ0n) is 8.12. The quantitative estimate of drug-likeness (QED) is 0.460. The number of aliphatic hydroxyl groups is 1. The fourth-order valence-corrected chi connectivity index (χ4v) is 0.854. The van der Waals surface area contributed by atoms with Gasteiger partial charge >= 0.3 is 5.97 Å². The van der Waals surface area contributed by atoms with Gasteiger partial charge in [-0.3, -0.25) is 0 Å². The first-order chi connectivity index (χ1) is 6.13. The Bertz CT molecular complexity index is 152. The van der Waals surface area contributed by atoms with Crippen LogP contribution in [-0.2, 0) is 9.53 Å². The summed E-state index contributed by atoms with van der Waals surface area (Å²) in [7, 11) is 0. The second-order valence-electron chi connectivity index (χ2n) is 2.73. The third kappa shape index (κ3) is 4.82. The highest BCUT2D eigenvalue weighted by atomic mass is 16.5. The molecule has 4 N–H and O–H groups in total. The van der Waals surface area contributed by atoms with Crippen molar-refractivity contribution in [3.63, 3.8) is 0 Å². The molecule has 0 bridgehead atoms. The van der Waals surface area contributed by atoms with Gasteiger partial charge in [0.1, 0.15) is 0 Å². The van der Waals surface area contributed by atoms with Crippen LogP contribution in [0, 0.1) is 0 Å². The molecule has 0 aromatic heterocycles. The number of nitrogens with two attached hydrogens (primary N) is 1. The number of carbonyl (C=O) groups excluding carboxylic acids is 1. The minimum absolute atomic E-state index is 0.277. The van der Waals surface area contributed by atoms with Crippen molar-refractivity contribution in [2.75, 3.05) is 19.7 Å². The van der Waals surface area contributed by atoms with Gasteiger partial charge in [-0.2, -0.15) is 0 Å². The zero-order valence-corrected chi connectivity index (χ0v) is 8.12. The molecule has 0 saturated heterocycles. The van der Waals surface area contributed by atoms with E-state index < -0.39 is 12.1 Å². The van der Waals surface area contributed by atoms with E-state index in [0.29, 0.717) is 13.1 Å². The predicted octanol–water partition coefficient (Wildman–Crippen LogP) is -1.15. The van der Waals surface area contributed by atoms with Gasteiger partial charge in [0.25, 0.3) is 0 Å². The lowest BCUT2D eigenvalue weighted by Crippen LogP contribution is -2.44. The molecule has 2 atom stereocenters. The van der Waals surface area contributed by atoms with Crippen LogP contribution in [0.2, 0.25) is 0 Å². The third-order valence-corrected chi connectivity index (χ3v) is 1.61. The van der Waals surface area contributed by atoms with Crippen molar-refractivity contribution in [2.24, 2.45) is 5.73 Å². The average Bonchev–Trinajstić information content (AvgIpc) is 2.13. The zero-order chi connectivity index (χ0) is 10.3. The molecule has 0 aromatic carbocycles. The van der Waals surface area contributed by atoms with E-state index in [-0.39, 0.29) is 12.6 Å². The molecule has 0 aliphatic rings. The fraction of sp³-hybridized carbons (Fsp3) is 0.875. The highest BCUT2D eigenvalue weighted by Gasteiger charge is 2.22. The number of hydrogen-bond acceptors (Lipinski definition) is 5. The van der Waals surface area contributed by atoms with Crippen LogP contribution in [0.3, 0.4) is 0 Å². The summed E-state index contributed by atoms with van der Waals surface area (Å²) >= 11 is 0. The van der Waals surface area contributed by atoms with Crippen LogP contribution >= 0.6 is 0 Å². The highest BCUT2D eigenvalue weighted by molar-refractivity contribution is 5.75. The molecule has 78 valence electrons. The number of aliphatic hydroxyl groups excluding tert-OH is 1. The van der Waals surface area contributed by atoms with E-state index in [9.17, 15) is 9.90 Å². The van der Waals surface area contributed by atoms with E-state index in [4.69, 9.17) is 5.73 Å². The molecule has 0 saturated carbocycles. The van der Waals surface area contributed by atoms with Crippen molar-refractivity contribution in [3.05, 3.63) is 0 Å². The molecule has 13 heavy (non-hydrogen) atoms. The van der Waals surface area contributed by atoms with E-state index in [1.165, 1.54) is 0 Å². The van der Waals surface area contributed by atoms with Crippen LogP contribution in [0.15, 0.2) is 0 Å². The number of rotatable bonds is 6. The van der Waals surface area contributed by atoms with Crippen molar-refractivity contribution >= 4 is 5.97 Å². The summed E-state index contributed by atoms with van der Waals surface area (Å²) in [5, 5.41) is 12.3. The van der Waals surface area contributed by atoms with Gasteiger partial charge < -0.3 is 20.9 Å². The second-order valence-corrected chi connectivity index (χ2v) is 2.73. The topological polar surface area (TPSA) is 84.6 Å². The van der Waals surface area contributed by atoms with Crippen molar-refractivity contribution in [1.29, 1.82) is 0 Å². The molecule has 0 radical (unpaired) electrons. The van der Waals surface area contributed by atoms with Crippen LogP contribution in [0.25, 0.3) is 0 Å². The first-order valence-corrected chi connectivity index (χ1v) is 4.41. The Morgan fingerprint density at radius 3 is 2.77 bits per heavy atom. The summed E-state index contributed by atoms with van der Waals surface area (Å²) in [5.74, 6) is -0.598. The standard InChI is InChI=1S/C8H18N2O3/c1-3-13-8(12)7(11)6(2)10-5-4-9/h6-7,10-11H,3-5,9H2,1-2H3. The SMILES string of the molecule is CCOC(=O)C(O)C(C)NCCN. The number of hydrogen-bond donors (Lipinski definition) is 3. The Morgan fingerprint density at radius 1 is 1.69 bits per heavy atom. The molecular weight excluding hydrogens is 172 g/mol. The van der Waals surface area contributed by atoms with Crippen molar-refractivity contribution < 1.29 is 14.6 Å². The van der Waals surface area contributed by atoms with E-state index in [1.807, 2.05) is 0 Å². The van der Waals surface area contributed by atoms with E-state index in [0.717, 1.165) is 0 Å². The Kier molecular flexibility index (Phi) is 6.48. The number of nitrogens with one attached hydrogen (secondary N) is 1. The average molecular weight is 190 g/mol. The Labute approximate surface area is 78.3 Å². The van der Waals surface area contributed by atoms with Crippen LogP contribution in [-0.4, -0.2) is 42.9 Å². The van der Waals surface area contributed by atoms with Gasteiger partial charge in [-0.05, 0) is 13.8 Å². The molecule has 0 aliphatic carbocycles. The lowest BCUT2D eigenvalue weighted by atomic mass is 10.2. The Morgan fingerprint density at radius 2 is 2.31 bits per heavy atom. The second kappa shape index (κ2) is 6.82. The van der Waals surface area contributed by atoms with Crippen LogP contribution in [0.5, 0.6) is 0 Å². The maximum atomic E-state index is 11.0. The number of carbonyl (C=O) groups is 1. The molecule has 0 heterocycles. The van der Waals surface area contributed by atoms with E-state index in [2.05, 4.69) is 10.1 Å². The Balaban J connectivity index is 3.79. The molecule has 5 nitrogen and oxygen atoms in total. The lowest BCUT2D eigenvalue weighted by molar-refractivity contribution is -0.154. The largest absolute Gasteiger partial charge is 0.464 e. The minimum atomic E-state index is -1.12. The predicted molar refractivity (Wildman–Crippen MR) is 49.2 cm³/mol. The van der Waals surface area contributed by atoms with Gasteiger partial charge in [-0.25, -0.2) is 4.79 Å². The molecule has 0 spiro atoms. The van der Waals surface area contributed by atoms with Gasteiger partial charge in [0.2, 0.25) is 0 Å². The normalized spacial score (nSPS) is 15.1.